The largest absolute Gasteiger partial charge is 0.352 e. The number of amides is 1. The average molecular weight is 335 g/mol. The fourth-order valence-electron chi connectivity index (χ4n) is 2.48. The maximum Gasteiger partial charge on any atom is 0.254 e. The van der Waals surface area contributed by atoms with Crippen LogP contribution in [0.1, 0.15) is 36.0 Å². The number of primary sulfonamides is 1. The van der Waals surface area contributed by atoms with Crippen LogP contribution in [0.4, 0.5) is 4.39 Å². The highest BCUT2D eigenvalue weighted by Crippen LogP contribution is 2.25. The second kappa shape index (κ2) is 6.29. The Morgan fingerprint density at radius 1 is 1.38 bits per heavy atom. The molecular formula is C13H16ClFN2O3S. The van der Waals surface area contributed by atoms with Crippen molar-refractivity contribution in [2.75, 3.05) is 6.54 Å². The number of nitrogens with two attached hydrogens (primary N) is 1. The summed E-state index contributed by atoms with van der Waals surface area (Å²) in [6, 6.07) is 1.98. The normalized spacial score (nSPS) is 16.1. The van der Waals surface area contributed by atoms with E-state index < -0.39 is 32.2 Å². The summed E-state index contributed by atoms with van der Waals surface area (Å²) in [5, 5.41) is 7.46. The monoisotopic (exact) mass is 334 g/mol. The predicted molar refractivity (Wildman–Crippen MR) is 77.1 cm³/mol. The molecule has 0 saturated heterocycles. The Morgan fingerprint density at radius 3 is 2.57 bits per heavy atom. The van der Waals surface area contributed by atoms with Crippen LogP contribution in [0.15, 0.2) is 17.0 Å². The van der Waals surface area contributed by atoms with Crippen LogP contribution in [-0.2, 0) is 10.0 Å². The van der Waals surface area contributed by atoms with Crippen LogP contribution in [0, 0.1) is 11.7 Å². The van der Waals surface area contributed by atoms with Crippen LogP contribution in [0.2, 0.25) is 5.02 Å². The number of halogens is 2. The molecule has 0 spiro atoms. The molecule has 0 atom stereocenters. The Kier molecular flexibility index (Phi) is 4.85. The Balaban J connectivity index is 2.22. The van der Waals surface area contributed by atoms with Crippen molar-refractivity contribution in [1.29, 1.82) is 0 Å². The molecule has 1 amide bonds. The first-order valence-electron chi connectivity index (χ1n) is 6.59. The van der Waals surface area contributed by atoms with E-state index >= 15 is 0 Å². The molecule has 1 aromatic carbocycles. The maximum atomic E-state index is 14.1. The van der Waals surface area contributed by atoms with Crippen molar-refractivity contribution in [2.24, 2.45) is 11.1 Å². The molecule has 0 heterocycles. The molecule has 0 aromatic heterocycles. The van der Waals surface area contributed by atoms with Crippen molar-refractivity contribution in [1.82, 2.24) is 5.32 Å². The summed E-state index contributed by atoms with van der Waals surface area (Å²) in [6.45, 7) is 0.440. The van der Waals surface area contributed by atoms with E-state index in [1.54, 1.807) is 0 Å². The van der Waals surface area contributed by atoms with Gasteiger partial charge in [-0.3, -0.25) is 4.79 Å². The number of carbonyl (C=O) groups is 1. The number of benzene rings is 1. The Bertz CT molecular complexity index is 658. The second-order valence-corrected chi connectivity index (χ2v) is 7.14. The third kappa shape index (κ3) is 3.93. The van der Waals surface area contributed by atoms with E-state index in [0.717, 1.165) is 37.8 Å². The zero-order valence-electron chi connectivity index (χ0n) is 11.2. The van der Waals surface area contributed by atoms with E-state index in [-0.39, 0.29) is 5.02 Å². The standard InChI is InChI=1S/C13H16ClFN2O3S/c14-9-5-10(12(15)11(6-9)21(16,19)20)13(18)17-7-8-3-1-2-4-8/h5-6,8H,1-4,7H2,(H,17,18)(H2,16,19,20). The third-order valence-corrected chi connectivity index (χ3v) is 4.71. The van der Waals surface area contributed by atoms with Gasteiger partial charge in [-0.15, -0.1) is 0 Å². The molecule has 1 aromatic rings. The summed E-state index contributed by atoms with van der Waals surface area (Å²) in [5.74, 6) is -1.48. The second-order valence-electron chi connectivity index (χ2n) is 5.17. The number of nitrogens with one attached hydrogen (secondary N) is 1. The minimum Gasteiger partial charge on any atom is -0.352 e. The number of rotatable bonds is 4. The van der Waals surface area contributed by atoms with E-state index in [2.05, 4.69) is 5.32 Å². The van der Waals surface area contributed by atoms with E-state index in [9.17, 15) is 17.6 Å². The smallest absolute Gasteiger partial charge is 0.254 e. The van der Waals surface area contributed by atoms with Gasteiger partial charge in [-0.25, -0.2) is 17.9 Å². The fraction of sp³-hybridized carbons (Fsp3) is 0.462. The van der Waals surface area contributed by atoms with Crippen LogP contribution in [-0.4, -0.2) is 20.9 Å². The first kappa shape index (κ1) is 16.2. The lowest BCUT2D eigenvalue weighted by molar-refractivity contribution is 0.0943. The average Bonchev–Trinajstić information content (AvgIpc) is 2.90. The van der Waals surface area contributed by atoms with E-state index in [1.807, 2.05) is 0 Å². The van der Waals surface area contributed by atoms with Crippen LogP contribution in [0.5, 0.6) is 0 Å². The lowest BCUT2D eigenvalue weighted by Gasteiger charge is -2.12. The van der Waals surface area contributed by atoms with Gasteiger partial charge in [-0.05, 0) is 30.9 Å². The van der Waals surface area contributed by atoms with Crippen LogP contribution >= 0.6 is 11.6 Å². The first-order chi connectivity index (χ1) is 9.79. The molecule has 3 N–H and O–H groups in total. The van der Waals surface area contributed by atoms with Gasteiger partial charge in [0.2, 0.25) is 10.0 Å². The molecule has 0 unspecified atom stereocenters. The molecule has 0 bridgehead atoms. The van der Waals surface area contributed by atoms with Crippen LogP contribution < -0.4 is 10.5 Å². The van der Waals surface area contributed by atoms with Crippen molar-refractivity contribution >= 4 is 27.5 Å². The summed E-state index contributed by atoms with van der Waals surface area (Å²) in [5.41, 5.74) is -0.412. The van der Waals surface area contributed by atoms with E-state index in [1.165, 1.54) is 0 Å². The molecule has 116 valence electrons. The molecule has 1 aliphatic rings. The minimum atomic E-state index is -4.28. The van der Waals surface area contributed by atoms with Gasteiger partial charge in [0.1, 0.15) is 4.90 Å². The van der Waals surface area contributed by atoms with Crippen LogP contribution in [0.25, 0.3) is 0 Å². The number of carbonyl (C=O) groups excluding carboxylic acids is 1. The molecule has 0 radical (unpaired) electrons. The molecule has 1 aliphatic carbocycles. The topological polar surface area (TPSA) is 89.3 Å². The van der Waals surface area contributed by atoms with Crippen molar-refractivity contribution < 1.29 is 17.6 Å². The zero-order chi connectivity index (χ0) is 15.6. The van der Waals surface area contributed by atoms with Gasteiger partial charge in [-0.2, -0.15) is 0 Å². The lowest BCUT2D eigenvalue weighted by atomic mass is 10.1. The number of sulfonamides is 1. The van der Waals surface area contributed by atoms with Gasteiger partial charge < -0.3 is 5.32 Å². The molecule has 1 saturated carbocycles. The summed E-state index contributed by atoms with van der Waals surface area (Å²) in [4.78, 5) is 11.2. The SMILES string of the molecule is NS(=O)(=O)c1cc(Cl)cc(C(=O)NCC2CCCC2)c1F. The predicted octanol–water partition coefficient (Wildman–Crippen LogP) is 2.05. The number of hydrogen-bond acceptors (Lipinski definition) is 3. The highest BCUT2D eigenvalue weighted by molar-refractivity contribution is 7.89. The molecule has 1 fully saturated rings. The first-order valence-corrected chi connectivity index (χ1v) is 8.51. The van der Waals surface area contributed by atoms with Gasteiger partial charge in [-0.1, -0.05) is 24.4 Å². The Morgan fingerprint density at radius 2 is 2.00 bits per heavy atom. The van der Waals surface area contributed by atoms with Crippen molar-refractivity contribution in [3.63, 3.8) is 0 Å². The van der Waals surface area contributed by atoms with Gasteiger partial charge in [0.05, 0.1) is 5.56 Å². The lowest BCUT2D eigenvalue weighted by Crippen LogP contribution is -2.29. The maximum absolute atomic E-state index is 14.1. The van der Waals surface area contributed by atoms with Gasteiger partial charge in [0, 0.05) is 11.6 Å². The molecule has 0 aliphatic heterocycles. The van der Waals surface area contributed by atoms with E-state index in [0.29, 0.717) is 12.5 Å². The summed E-state index contributed by atoms with van der Waals surface area (Å²) in [6.07, 6.45) is 4.31. The molecule has 2 rings (SSSR count). The van der Waals surface area contributed by atoms with Gasteiger partial charge in [0.15, 0.2) is 5.82 Å². The van der Waals surface area contributed by atoms with Crippen molar-refractivity contribution in [2.45, 2.75) is 30.6 Å². The highest BCUT2D eigenvalue weighted by atomic mass is 35.5. The molecular weight excluding hydrogens is 319 g/mol. The minimum absolute atomic E-state index is 0.0635. The summed E-state index contributed by atoms with van der Waals surface area (Å²) < 4.78 is 36.7. The Labute approximate surface area is 127 Å². The van der Waals surface area contributed by atoms with Crippen LogP contribution in [0.3, 0.4) is 0 Å². The van der Waals surface area contributed by atoms with Gasteiger partial charge in [0.25, 0.3) is 5.91 Å². The van der Waals surface area contributed by atoms with Gasteiger partial charge >= 0.3 is 0 Å². The van der Waals surface area contributed by atoms with Crippen molar-refractivity contribution in [3.8, 4) is 0 Å². The zero-order valence-corrected chi connectivity index (χ0v) is 12.8. The third-order valence-electron chi connectivity index (χ3n) is 3.58. The molecule has 5 nitrogen and oxygen atoms in total. The fourth-order valence-corrected chi connectivity index (χ4v) is 3.42. The summed E-state index contributed by atoms with van der Waals surface area (Å²) >= 11 is 5.73. The van der Waals surface area contributed by atoms with E-state index in [4.69, 9.17) is 16.7 Å². The highest BCUT2D eigenvalue weighted by Gasteiger charge is 2.23. The molecule has 21 heavy (non-hydrogen) atoms. The summed E-state index contributed by atoms with van der Waals surface area (Å²) in [7, 11) is -4.28. The number of hydrogen-bond donors (Lipinski definition) is 2. The Hall–Kier alpha value is -1.18. The molecule has 8 heteroatoms. The quantitative estimate of drug-likeness (QED) is 0.883. The van der Waals surface area contributed by atoms with Crippen molar-refractivity contribution in [3.05, 3.63) is 28.5 Å².